The molecule has 5 nitrogen and oxygen atoms in total. The molecule has 2 N–H and O–H groups in total. The maximum Gasteiger partial charge on any atom is 0.262 e. The molecule has 1 aliphatic rings. The third-order valence-electron chi connectivity index (χ3n) is 3.69. The zero-order valence-electron chi connectivity index (χ0n) is 13.5. The van der Waals surface area contributed by atoms with E-state index >= 15 is 0 Å². The van der Waals surface area contributed by atoms with Gasteiger partial charge in [0.1, 0.15) is 5.75 Å². The van der Waals surface area contributed by atoms with Crippen molar-refractivity contribution in [2.75, 3.05) is 11.9 Å². The molecule has 3 rings (SSSR count). The number of rotatable bonds is 6. The highest BCUT2D eigenvalue weighted by Crippen LogP contribution is 2.33. The van der Waals surface area contributed by atoms with Gasteiger partial charge in [-0.15, -0.1) is 0 Å². The lowest BCUT2D eigenvalue weighted by atomic mass is 10.1. The lowest BCUT2D eigenvalue weighted by Crippen LogP contribution is -2.28. The van der Waals surface area contributed by atoms with Gasteiger partial charge in [0.15, 0.2) is 6.61 Å². The fourth-order valence-electron chi connectivity index (χ4n) is 2.23. The Morgan fingerprint density at radius 3 is 2.46 bits per heavy atom. The van der Waals surface area contributed by atoms with Gasteiger partial charge in [-0.25, -0.2) is 0 Å². The quantitative estimate of drug-likeness (QED) is 0.682. The minimum absolute atomic E-state index is 0.211. The Labute approximate surface area is 165 Å². The maximum absolute atomic E-state index is 12.3. The summed E-state index contributed by atoms with van der Waals surface area (Å²) in [5.41, 5.74) is 0.819. The second-order valence-electron chi connectivity index (χ2n) is 5.83. The molecule has 0 atom stereocenters. The van der Waals surface area contributed by atoms with Gasteiger partial charge in [-0.3, -0.25) is 9.59 Å². The molecular formula is C18H15Cl3N2O3. The van der Waals surface area contributed by atoms with E-state index in [0.29, 0.717) is 16.3 Å². The third kappa shape index (κ3) is 4.81. The van der Waals surface area contributed by atoms with Crippen molar-refractivity contribution in [2.45, 2.75) is 18.9 Å². The first-order chi connectivity index (χ1) is 12.4. The summed E-state index contributed by atoms with van der Waals surface area (Å²) >= 11 is 17.8. The van der Waals surface area contributed by atoms with Crippen LogP contribution in [0.15, 0.2) is 36.4 Å². The van der Waals surface area contributed by atoms with Crippen molar-refractivity contribution in [3.05, 3.63) is 57.0 Å². The molecule has 2 amide bonds. The molecule has 0 aliphatic heterocycles. The van der Waals surface area contributed by atoms with E-state index in [1.165, 1.54) is 12.1 Å². The van der Waals surface area contributed by atoms with Crippen LogP contribution in [-0.2, 0) is 4.79 Å². The van der Waals surface area contributed by atoms with Crippen molar-refractivity contribution in [3.63, 3.8) is 0 Å². The van der Waals surface area contributed by atoms with E-state index < -0.39 is 5.91 Å². The summed E-state index contributed by atoms with van der Waals surface area (Å²) in [5.74, 6) is -0.397. The number of ether oxygens (including phenoxy) is 1. The highest BCUT2D eigenvalue weighted by atomic mass is 35.5. The number of nitrogens with one attached hydrogen (secondary N) is 2. The van der Waals surface area contributed by atoms with Gasteiger partial charge >= 0.3 is 0 Å². The summed E-state index contributed by atoms with van der Waals surface area (Å²) in [6.07, 6.45) is 1.97. The van der Waals surface area contributed by atoms with Crippen LogP contribution >= 0.6 is 34.8 Å². The topological polar surface area (TPSA) is 67.4 Å². The van der Waals surface area contributed by atoms with Gasteiger partial charge in [0.2, 0.25) is 0 Å². The number of hydrogen-bond acceptors (Lipinski definition) is 3. The van der Waals surface area contributed by atoms with Gasteiger partial charge in [0, 0.05) is 12.1 Å². The largest absolute Gasteiger partial charge is 0.482 e. The first-order valence-electron chi connectivity index (χ1n) is 7.91. The van der Waals surface area contributed by atoms with E-state index in [1.807, 2.05) is 0 Å². The first-order valence-corrected chi connectivity index (χ1v) is 9.04. The molecule has 0 saturated heterocycles. The normalized spacial score (nSPS) is 13.2. The van der Waals surface area contributed by atoms with E-state index in [1.54, 1.807) is 24.3 Å². The predicted molar refractivity (Wildman–Crippen MR) is 103 cm³/mol. The molecule has 136 valence electrons. The lowest BCUT2D eigenvalue weighted by molar-refractivity contribution is -0.118. The SMILES string of the molecule is O=C(COc1cc(Cl)c(Cl)cc1Cl)Nc1ccccc1C(=O)NC1CC1. The van der Waals surface area contributed by atoms with Crippen LogP contribution in [0.5, 0.6) is 5.75 Å². The van der Waals surface area contributed by atoms with E-state index in [4.69, 9.17) is 39.5 Å². The summed E-state index contributed by atoms with van der Waals surface area (Å²) in [6, 6.07) is 9.90. The monoisotopic (exact) mass is 412 g/mol. The van der Waals surface area contributed by atoms with E-state index in [9.17, 15) is 9.59 Å². The second-order valence-corrected chi connectivity index (χ2v) is 7.05. The Morgan fingerprint density at radius 1 is 1.04 bits per heavy atom. The number of hydrogen-bond donors (Lipinski definition) is 2. The number of carbonyl (C=O) groups is 2. The molecule has 2 aromatic carbocycles. The molecule has 1 saturated carbocycles. The van der Waals surface area contributed by atoms with Crippen LogP contribution in [0.4, 0.5) is 5.69 Å². The van der Waals surface area contributed by atoms with Crippen molar-refractivity contribution >= 4 is 52.3 Å². The summed E-state index contributed by atoms with van der Waals surface area (Å²) in [4.78, 5) is 24.4. The minimum Gasteiger partial charge on any atom is -0.482 e. The first kappa shape index (κ1) is 18.8. The Bertz CT molecular complexity index is 854. The lowest BCUT2D eigenvalue weighted by Gasteiger charge is -2.12. The van der Waals surface area contributed by atoms with Crippen molar-refractivity contribution < 1.29 is 14.3 Å². The molecule has 0 spiro atoms. The zero-order chi connectivity index (χ0) is 18.7. The Hall–Kier alpha value is -1.95. The molecule has 2 aromatic rings. The Kier molecular flexibility index (Phi) is 5.91. The maximum atomic E-state index is 12.3. The van der Waals surface area contributed by atoms with Gasteiger partial charge in [-0.05, 0) is 31.0 Å². The molecule has 1 aliphatic carbocycles. The number of carbonyl (C=O) groups excluding carboxylic acids is 2. The van der Waals surface area contributed by atoms with Gasteiger partial charge < -0.3 is 15.4 Å². The summed E-state index contributed by atoms with van der Waals surface area (Å²) in [7, 11) is 0. The molecule has 26 heavy (non-hydrogen) atoms. The molecule has 0 heterocycles. The number of para-hydroxylation sites is 1. The number of benzene rings is 2. The fourth-order valence-corrected chi connectivity index (χ4v) is 2.82. The standard InChI is InChI=1S/C18H15Cl3N2O3/c19-12-7-14(21)16(8-13(12)20)26-9-17(24)23-15-4-2-1-3-11(15)18(25)22-10-5-6-10/h1-4,7-8,10H,5-6,9H2,(H,22,25)(H,23,24). The number of halogens is 3. The van der Waals surface area contributed by atoms with Crippen molar-refractivity contribution in [3.8, 4) is 5.75 Å². The second kappa shape index (κ2) is 8.16. The summed E-state index contributed by atoms with van der Waals surface area (Å²) < 4.78 is 5.39. The molecule has 0 unspecified atom stereocenters. The van der Waals surface area contributed by atoms with Crippen LogP contribution in [0.2, 0.25) is 15.1 Å². The van der Waals surface area contributed by atoms with E-state index in [2.05, 4.69) is 10.6 Å². The van der Waals surface area contributed by atoms with Gasteiger partial charge in [-0.1, -0.05) is 46.9 Å². The average molecular weight is 414 g/mol. The zero-order valence-corrected chi connectivity index (χ0v) is 15.8. The highest BCUT2D eigenvalue weighted by molar-refractivity contribution is 6.43. The Balaban J connectivity index is 1.63. The van der Waals surface area contributed by atoms with Crippen LogP contribution < -0.4 is 15.4 Å². The average Bonchev–Trinajstić information content (AvgIpc) is 3.41. The number of amides is 2. The van der Waals surface area contributed by atoms with Crippen molar-refractivity contribution in [2.24, 2.45) is 0 Å². The third-order valence-corrected chi connectivity index (χ3v) is 4.71. The van der Waals surface area contributed by atoms with Crippen LogP contribution in [0, 0.1) is 0 Å². The summed E-state index contributed by atoms with van der Waals surface area (Å²) in [6.45, 7) is -0.295. The molecule has 8 heteroatoms. The van der Waals surface area contributed by atoms with Gasteiger partial charge in [0.25, 0.3) is 11.8 Å². The fraction of sp³-hybridized carbons (Fsp3) is 0.222. The van der Waals surface area contributed by atoms with Crippen molar-refractivity contribution in [1.82, 2.24) is 5.32 Å². The summed E-state index contributed by atoms with van der Waals surface area (Å²) in [5, 5.41) is 6.38. The van der Waals surface area contributed by atoms with Crippen LogP contribution in [0.1, 0.15) is 23.2 Å². The molecule has 0 bridgehead atoms. The Morgan fingerprint density at radius 2 is 1.73 bits per heavy atom. The highest BCUT2D eigenvalue weighted by Gasteiger charge is 2.25. The van der Waals surface area contributed by atoms with Crippen LogP contribution in [0.3, 0.4) is 0 Å². The van der Waals surface area contributed by atoms with Gasteiger partial charge in [0.05, 0.1) is 26.3 Å². The molecule has 0 aromatic heterocycles. The van der Waals surface area contributed by atoms with E-state index in [-0.39, 0.29) is 34.4 Å². The molecule has 0 radical (unpaired) electrons. The predicted octanol–water partition coefficient (Wildman–Crippen LogP) is 4.56. The van der Waals surface area contributed by atoms with Gasteiger partial charge in [-0.2, -0.15) is 0 Å². The van der Waals surface area contributed by atoms with Crippen molar-refractivity contribution in [1.29, 1.82) is 0 Å². The van der Waals surface area contributed by atoms with Crippen LogP contribution in [0.25, 0.3) is 0 Å². The van der Waals surface area contributed by atoms with E-state index in [0.717, 1.165) is 12.8 Å². The minimum atomic E-state index is -0.432. The van der Waals surface area contributed by atoms with Crippen LogP contribution in [-0.4, -0.2) is 24.5 Å². The smallest absolute Gasteiger partial charge is 0.262 e. The number of anilines is 1. The molecular weight excluding hydrogens is 399 g/mol. The molecule has 1 fully saturated rings.